The standard InChI is InChI=1S/C24H17Cl4NO4/c25-18-3-1-4-19(26)17(18)13-32-16-10-7-15(8-11-16)9-12-23(31)33-14-22(30)29-21-6-2-5-20(27)24(21)28/h1-12H,13-14H2,(H,29,30). The van der Waals surface area contributed by atoms with Crippen LogP contribution in [-0.4, -0.2) is 18.5 Å². The van der Waals surface area contributed by atoms with Gasteiger partial charge in [-0.1, -0.05) is 70.7 Å². The van der Waals surface area contributed by atoms with Gasteiger partial charge < -0.3 is 14.8 Å². The third-order valence-electron chi connectivity index (χ3n) is 4.31. The fraction of sp³-hybridized carbons (Fsp3) is 0.0833. The summed E-state index contributed by atoms with van der Waals surface area (Å²) in [4.78, 5) is 23.9. The molecule has 0 aliphatic carbocycles. The van der Waals surface area contributed by atoms with E-state index in [9.17, 15) is 9.59 Å². The van der Waals surface area contributed by atoms with Crippen molar-refractivity contribution in [2.75, 3.05) is 11.9 Å². The second kappa shape index (κ2) is 12.0. The number of amides is 1. The second-order valence-electron chi connectivity index (χ2n) is 6.65. The number of esters is 1. The van der Waals surface area contributed by atoms with Gasteiger partial charge in [-0.25, -0.2) is 4.79 Å². The highest BCUT2D eigenvalue weighted by molar-refractivity contribution is 6.44. The smallest absolute Gasteiger partial charge is 0.331 e. The van der Waals surface area contributed by atoms with Crippen LogP contribution in [-0.2, 0) is 20.9 Å². The molecule has 1 amide bonds. The second-order valence-corrected chi connectivity index (χ2v) is 8.25. The lowest BCUT2D eigenvalue weighted by atomic mass is 10.2. The molecule has 170 valence electrons. The van der Waals surface area contributed by atoms with Crippen molar-refractivity contribution in [3.63, 3.8) is 0 Å². The van der Waals surface area contributed by atoms with Gasteiger partial charge in [-0.3, -0.25) is 4.79 Å². The highest BCUT2D eigenvalue weighted by Crippen LogP contribution is 2.29. The van der Waals surface area contributed by atoms with Crippen molar-refractivity contribution in [2.45, 2.75) is 6.61 Å². The summed E-state index contributed by atoms with van der Waals surface area (Å²) in [5, 5.41) is 4.11. The van der Waals surface area contributed by atoms with Gasteiger partial charge in [0.2, 0.25) is 0 Å². The Bertz CT molecular complexity index is 1160. The van der Waals surface area contributed by atoms with E-state index in [1.165, 1.54) is 6.08 Å². The lowest BCUT2D eigenvalue weighted by Gasteiger charge is -2.09. The van der Waals surface area contributed by atoms with E-state index < -0.39 is 18.5 Å². The van der Waals surface area contributed by atoms with Gasteiger partial charge in [0.05, 0.1) is 15.7 Å². The molecule has 0 bridgehead atoms. The summed E-state index contributed by atoms with van der Waals surface area (Å²) in [5.41, 5.74) is 1.78. The Morgan fingerprint density at radius 2 is 1.48 bits per heavy atom. The Hall–Kier alpha value is -2.70. The zero-order chi connectivity index (χ0) is 23.8. The van der Waals surface area contributed by atoms with E-state index in [0.717, 1.165) is 5.56 Å². The van der Waals surface area contributed by atoms with Crippen molar-refractivity contribution in [2.24, 2.45) is 0 Å². The number of nitrogens with one attached hydrogen (secondary N) is 1. The van der Waals surface area contributed by atoms with E-state index in [1.807, 2.05) is 0 Å². The summed E-state index contributed by atoms with van der Waals surface area (Å²) in [5.74, 6) is -0.598. The maximum Gasteiger partial charge on any atom is 0.331 e. The van der Waals surface area contributed by atoms with Gasteiger partial charge in [0, 0.05) is 21.7 Å². The third-order valence-corrected chi connectivity index (χ3v) is 5.84. The van der Waals surface area contributed by atoms with Crippen LogP contribution >= 0.6 is 46.4 Å². The van der Waals surface area contributed by atoms with Crippen LogP contribution in [0.2, 0.25) is 20.1 Å². The third kappa shape index (κ3) is 7.41. The molecule has 0 spiro atoms. The molecule has 0 heterocycles. The number of rotatable bonds is 8. The van der Waals surface area contributed by atoms with Crippen molar-refractivity contribution >= 4 is 70.0 Å². The number of hydrogen-bond donors (Lipinski definition) is 1. The summed E-state index contributed by atoms with van der Waals surface area (Å²) < 4.78 is 10.7. The van der Waals surface area contributed by atoms with Gasteiger partial charge in [-0.2, -0.15) is 0 Å². The number of hydrogen-bond acceptors (Lipinski definition) is 4. The zero-order valence-corrected chi connectivity index (χ0v) is 20.0. The van der Waals surface area contributed by atoms with Crippen LogP contribution in [0.4, 0.5) is 5.69 Å². The van der Waals surface area contributed by atoms with Gasteiger partial charge in [-0.15, -0.1) is 0 Å². The lowest BCUT2D eigenvalue weighted by molar-refractivity contribution is -0.142. The SMILES string of the molecule is O=C(COC(=O)C=Cc1ccc(OCc2c(Cl)cccc2Cl)cc1)Nc1cccc(Cl)c1Cl. The molecule has 0 unspecified atom stereocenters. The van der Waals surface area contributed by atoms with Gasteiger partial charge in [0.25, 0.3) is 5.91 Å². The average Bonchev–Trinajstić information content (AvgIpc) is 2.80. The zero-order valence-electron chi connectivity index (χ0n) is 17.0. The lowest BCUT2D eigenvalue weighted by Crippen LogP contribution is -2.20. The number of halogens is 4. The molecule has 0 radical (unpaired) electrons. The minimum atomic E-state index is -0.670. The van der Waals surface area contributed by atoms with E-state index >= 15 is 0 Å². The van der Waals surface area contributed by atoms with E-state index in [2.05, 4.69) is 5.32 Å². The van der Waals surface area contributed by atoms with E-state index in [4.69, 9.17) is 55.9 Å². The molecular weight excluding hydrogens is 508 g/mol. The minimum absolute atomic E-state index is 0.209. The highest BCUT2D eigenvalue weighted by atomic mass is 35.5. The van der Waals surface area contributed by atoms with Crippen LogP contribution < -0.4 is 10.1 Å². The molecule has 0 aliphatic rings. The minimum Gasteiger partial charge on any atom is -0.489 e. The first-order chi connectivity index (χ1) is 15.8. The molecule has 0 saturated heterocycles. The molecule has 3 rings (SSSR count). The predicted molar refractivity (Wildman–Crippen MR) is 132 cm³/mol. The van der Waals surface area contributed by atoms with Crippen molar-refractivity contribution in [3.05, 3.63) is 98.0 Å². The summed E-state index contributed by atoms with van der Waals surface area (Å²) in [7, 11) is 0. The quantitative estimate of drug-likeness (QED) is 0.252. The molecular formula is C24H17Cl4NO4. The average molecular weight is 525 g/mol. The van der Waals surface area contributed by atoms with Crippen LogP contribution in [0.15, 0.2) is 66.7 Å². The maximum atomic E-state index is 12.0. The number of benzene rings is 3. The van der Waals surface area contributed by atoms with Crippen molar-refractivity contribution in [1.29, 1.82) is 0 Å². The molecule has 1 N–H and O–H groups in total. The summed E-state index contributed by atoms with van der Waals surface area (Å²) in [6.45, 7) is -0.244. The first-order valence-electron chi connectivity index (χ1n) is 9.58. The molecule has 0 atom stereocenters. The van der Waals surface area contributed by atoms with Gasteiger partial charge >= 0.3 is 5.97 Å². The molecule has 0 fully saturated rings. The van der Waals surface area contributed by atoms with Crippen LogP contribution in [0, 0.1) is 0 Å². The number of ether oxygens (including phenoxy) is 2. The van der Waals surface area contributed by atoms with E-state index in [0.29, 0.717) is 32.1 Å². The number of carbonyl (C=O) groups is 2. The summed E-state index contributed by atoms with van der Waals surface area (Å²) in [6, 6.07) is 17.1. The first-order valence-corrected chi connectivity index (χ1v) is 11.1. The molecule has 5 nitrogen and oxygen atoms in total. The Labute approximate surface area is 210 Å². The van der Waals surface area contributed by atoms with Crippen molar-refractivity contribution in [1.82, 2.24) is 0 Å². The molecule has 33 heavy (non-hydrogen) atoms. The molecule has 0 saturated carbocycles. The van der Waals surface area contributed by atoms with Crippen molar-refractivity contribution < 1.29 is 19.1 Å². The summed E-state index contributed by atoms with van der Waals surface area (Å²) in [6.07, 6.45) is 2.78. The Kier molecular flexibility index (Phi) is 9.03. The first kappa shape index (κ1) is 24.9. The Morgan fingerprint density at radius 3 is 2.18 bits per heavy atom. The van der Waals surface area contributed by atoms with Gasteiger partial charge in [0.1, 0.15) is 12.4 Å². The van der Waals surface area contributed by atoms with Gasteiger partial charge in [-0.05, 0) is 48.0 Å². The molecule has 3 aromatic carbocycles. The largest absolute Gasteiger partial charge is 0.489 e. The van der Waals surface area contributed by atoms with E-state index in [1.54, 1.807) is 66.7 Å². The van der Waals surface area contributed by atoms with Crippen LogP contribution in [0.5, 0.6) is 5.75 Å². The van der Waals surface area contributed by atoms with Crippen LogP contribution in [0.3, 0.4) is 0 Å². The predicted octanol–water partition coefficient (Wildman–Crippen LogP) is 7.07. The van der Waals surface area contributed by atoms with Crippen molar-refractivity contribution in [3.8, 4) is 5.75 Å². The van der Waals surface area contributed by atoms with Gasteiger partial charge in [0.15, 0.2) is 6.61 Å². The number of carbonyl (C=O) groups excluding carboxylic acids is 2. The number of anilines is 1. The molecule has 9 heteroatoms. The topological polar surface area (TPSA) is 64.6 Å². The van der Waals surface area contributed by atoms with E-state index in [-0.39, 0.29) is 11.6 Å². The fourth-order valence-corrected chi connectivity index (χ4v) is 3.49. The Morgan fingerprint density at radius 1 is 0.848 bits per heavy atom. The molecule has 0 aromatic heterocycles. The molecule has 3 aromatic rings. The van der Waals surface area contributed by atoms with Crippen LogP contribution in [0.1, 0.15) is 11.1 Å². The summed E-state index contributed by atoms with van der Waals surface area (Å²) >= 11 is 24.2. The fourth-order valence-electron chi connectivity index (χ4n) is 2.64. The van der Waals surface area contributed by atoms with Crippen LogP contribution in [0.25, 0.3) is 6.08 Å². The normalized spacial score (nSPS) is 10.8. The highest BCUT2D eigenvalue weighted by Gasteiger charge is 2.10. The maximum absolute atomic E-state index is 12.0. The monoisotopic (exact) mass is 523 g/mol. The molecule has 0 aliphatic heterocycles. The Balaban J connectivity index is 1.46.